The van der Waals surface area contributed by atoms with Crippen LogP contribution < -0.4 is 0 Å². The number of aliphatic carboxylic acids is 1. The second-order valence-corrected chi connectivity index (χ2v) is 8.41. The Balaban J connectivity index is 1.60. The van der Waals surface area contributed by atoms with Gasteiger partial charge in [0, 0.05) is 34.7 Å². The van der Waals surface area contributed by atoms with Gasteiger partial charge < -0.3 is 10.0 Å². The number of carbonyl (C=O) groups is 2. The quantitative estimate of drug-likeness (QED) is 0.808. The van der Waals surface area contributed by atoms with Crippen molar-refractivity contribution < 1.29 is 14.7 Å². The lowest BCUT2D eigenvalue weighted by atomic mass is 9.99. The van der Waals surface area contributed by atoms with Gasteiger partial charge in [0.15, 0.2) is 0 Å². The topological polar surface area (TPSA) is 70.5 Å². The minimum Gasteiger partial charge on any atom is -0.481 e. The molecule has 2 atom stereocenters. The number of likely N-dealkylation sites (tertiary alicyclic amines) is 1. The summed E-state index contributed by atoms with van der Waals surface area (Å²) in [6.45, 7) is 4.66. The molecular formula is C18H20N2O3S2. The van der Waals surface area contributed by atoms with Crippen LogP contribution in [0.3, 0.4) is 0 Å². The summed E-state index contributed by atoms with van der Waals surface area (Å²) in [7, 11) is 0. The van der Waals surface area contributed by atoms with E-state index in [0.717, 1.165) is 21.3 Å². The van der Waals surface area contributed by atoms with Crippen LogP contribution in [0.5, 0.6) is 0 Å². The van der Waals surface area contributed by atoms with E-state index in [1.807, 2.05) is 38.1 Å². The van der Waals surface area contributed by atoms with E-state index in [4.69, 9.17) is 0 Å². The molecule has 0 saturated carbocycles. The molecule has 0 unspecified atom stereocenters. The molecule has 0 radical (unpaired) electrons. The van der Waals surface area contributed by atoms with E-state index in [1.54, 1.807) is 28.0 Å². The maximum absolute atomic E-state index is 12.6. The Bertz CT molecular complexity index is 773. The fourth-order valence-corrected chi connectivity index (χ4v) is 4.47. The van der Waals surface area contributed by atoms with E-state index in [9.17, 15) is 14.7 Å². The van der Waals surface area contributed by atoms with Crippen molar-refractivity contribution in [1.29, 1.82) is 0 Å². The third-order valence-corrected chi connectivity index (χ3v) is 6.24. The predicted molar refractivity (Wildman–Crippen MR) is 99.0 cm³/mol. The number of amides is 1. The van der Waals surface area contributed by atoms with Crippen molar-refractivity contribution in [3.63, 3.8) is 0 Å². The first kappa shape index (κ1) is 17.9. The van der Waals surface area contributed by atoms with Crippen molar-refractivity contribution in [1.82, 2.24) is 9.88 Å². The largest absolute Gasteiger partial charge is 0.481 e. The second-order valence-electron chi connectivity index (χ2n) is 6.30. The molecule has 2 heterocycles. The number of aryl methyl sites for hydroxylation is 1. The summed E-state index contributed by atoms with van der Waals surface area (Å²) in [4.78, 5) is 30.9. The highest BCUT2D eigenvalue weighted by Gasteiger charge is 2.37. The van der Waals surface area contributed by atoms with Crippen LogP contribution in [0.1, 0.15) is 28.0 Å². The molecule has 132 valence electrons. The van der Waals surface area contributed by atoms with Crippen LogP contribution in [0.2, 0.25) is 0 Å². The Hall–Kier alpha value is -1.86. The lowest BCUT2D eigenvalue weighted by Gasteiger charge is -2.16. The van der Waals surface area contributed by atoms with Gasteiger partial charge >= 0.3 is 5.97 Å². The van der Waals surface area contributed by atoms with Gasteiger partial charge in [-0.1, -0.05) is 6.92 Å². The summed E-state index contributed by atoms with van der Waals surface area (Å²) < 4.78 is 0. The molecule has 1 aliphatic rings. The van der Waals surface area contributed by atoms with Crippen molar-refractivity contribution >= 4 is 35.0 Å². The summed E-state index contributed by atoms with van der Waals surface area (Å²) in [5, 5.41) is 12.3. The summed E-state index contributed by atoms with van der Waals surface area (Å²) in [6, 6.07) is 7.50. The summed E-state index contributed by atoms with van der Waals surface area (Å²) in [6.07, 6.45) is 0. The Labute approximate surface area is 155 Å². The molecule has 5 nitrogen and oxygen atoms in total. The molecule has 3 rings (SSSR count). The molecule has 25 heavy (non-hydrogen) atoms. The maximum Gasteiger partial charge on any atom is 0.308 e. The van der Waals surface area contributed by atoms with Crippen molar-refractivity contribution in [2.24, 2.45) is 11.8 Å². The van der Waals surface area contributed by atoms with Crippen molar-refractivity contribution in [2.45, 2.75) is 24.5 Å². The summed E-state index contributed by atoms with van der Waals surface area (Å²) >= 11 is 3.33. The number of aromatic nitrogens is 1. The van der Waals surface area contributed by atoms with E-state index in [1.165, 1.54) is 0 Å². The van der Waals surface area contributed by atoms with Crippen LogP contribution in [0, 0.1) is 18.8 Å². The number of carbonyl (C=O) groups excluding carboxylic acids is 1. The number of carboxylic acids is 1. The van der Waals surface area contributed by atoms with Crippen LogP contribution in [0.4, 0.5) is 0 Å². The second kappa shape index (κ2) is 7.58. The average molecular weight is 377 g/mol. The highest BCUT2D eigenvalue weighted by atomic mass is 32.2. The standard InChI is InChI=1S/C18H20N2O3S2/c1-11-7-20(8-16(11)18(22)23)17(21)13-3-5-15(6-4-13)25-10-14-9-24-12(2)19-14/h3-6,9,11,16H,7-8,10H2,1-2H3,(H,22,23)/t11-,16-/m1/s1. The molecule has 2 aromatic rings. The zero-order valence-electron chi connectivity index (χ0n) is 14.1. The van der Waals surface area contributed by atoms with E-state index in [-0.39, 0.29) is 18.4 Å². The molecule has 1 saturated heterocycles. The first-order valence-electron chi connectivity index (χ1n) is 8.10. The fraction of sp³-hybridized carbons (Fsp3) is 0.389. The Kier molecular flexibility index (Phi) is 5.44. The third kappa shape index (κ3) is 4.22. The zero-order chi connectivity index (χ0) is 18.0. The van der Waals surface area contributed by atoms with Crippen LogP contribution in [0.25, 0.3) is 0 Å². The smallest absolute Gasteiger partial charge is 0.308 e. The van der Waals surface area contributed by atoms with Crippen molar-refractivity contribution in [2.75, 3.05) is 13.1 Å². The number of hydrogen-bond acceptors (Lipinski definition) is 5. The molecule has 1 aromatic heterocycles. The highest BCUT2D eigenvalue weighted by molar-refractivity contribution is 7.98. The molecule has 0 spiro atoms. The number of carboxylic acid groups (broad SMARTS) is 1. The lowest BCUT2D eigenvalue weighted by molar-refractivity contribution is -0.142. The van der Waals surface area contributed by atoms with Gasteiger partial charge in [0.25, 0.3) is 5.91 Å². The van der Waals surface area contributed by atoms with Gasteiger partial charge in [-0.3, -0.25) is 9.59 Å². The van der Waals surface area contributed by atoms with E-state index >= 15 is 0 Å². The van der Waals surface area contributed by atoms with Gasteiger partial charge in [0.2, 0.25) is 0 Å². The zero-order valence-corrected chi connectivity index (χ0v) is 15.8. The number of benzene rings is 1. The third-order valence-electron chi connectivity index (χ3n) is 4.37. The normalized spacial score (nSPS) is 20.0. The Morgan fingerprint density at radius 1 is 1.32 bits per heavy atom. The van der Waals surface area contributed by atoms with Crippen LogP contribution >= 0.6 is 23.1 Å². The Morgan fingerprint density at radius 2 is 2.04 bits per heavy atom. The Morgan fingerprint density at radius 3 is 2.60 bits per heavy atom. The van der Waals surface area contributed by atoms with E-state index < -0.39 is 11.9 Å². The van der Waals surface area contributed by atoms with Gasteiger partial charge in [-0.2, -0.15) is 0 Å². The molecule has 7 heteroatoms. The SMILES string of the molecule is Cc1nc(CSc2ccc(C(=O)N3C[C@@H](C)[C@H](C(=O)O)C3)cc2)cs1. The van der Waals surface area contributed by atoms with Crippen LogP contribution in [-0.2, 0) is 10.5 Å². The summed E-state index contributed by atoms with van der Waals surface area (Å²) in [5.41, 5.74) is 1.67. The molecule has 1 N–H and O–H groups in total. The first-order valence-corrected chi connectivity index (χ1v) is 9.96. The highest BCUT2D eigenvalue weighted by Crippen LogP contribution is 2.27. The molecule has 1 amide bonds. The van der Waals surface area contributed by atoms with Crippen molar-refractivity contribution in [3.05, 3.63) is 45.9 Å². The average Bonchev–Trinajstić information content (AvgIpc) is 3.18. The van der Waals surface area contributed by atoms with Gasteiger partial charge in [-0.05, 0) is 37.1 Å². The molecule has 1 aliphatic heterocycles. The van der Waals surface area contributed by atoms with Crippen LogP contribution in [-0.4, -0.2) is 40.0 Å². The van der Waals surface area contributed by atoms with Crippen LogP contribution in [0.15, 0.2) is 34.5 Å². The number of hydrogen-bond donors (Lipinski definition) is 1. The van der Waals surface area contributed by atoms with Gasteiger partial charge in [-0.15, -0.1) is 23.1 Å². The van der Waals surface area contributed by atoms with Crippen molar-refractivity contribution in [3.8, 4) is 0 Å². The first-order chi connectivity index (χ1) is 11.9. The monoisotopic (exact) mass is 376 g/mol. The predicted octanol–water partition coefficient (Wildman–Crippen LogP) is 3.54. The number of rotatable bonds is 5. The molecular weight excluding hydrogens is 356 g/mol. The van der Waals surface area contributed by atoms with Gasteiger partial charge in [0.05, 0.1) is 16.6 Å². The fourth-order valence-electron chi connectivity index (χ4n) is 2.96. The molecule has 0 aliphatic carbocycles. The summed E-state index contributed by atoms with van der Waals surface area (Å²) in [5.74, 6) is -0.603. The molecule has 0 bridgehead atoms. The minimum atomic E-state index is -0.827. The molecule has 1 fully saturated rings. The molecule has 1 aromatic carbocycles. The minimum absolute atomic E-state index is 0.0159. The van der Waals surface area contributed by atoms with Gasteiger partial charge in [-0.25, -0.2) is 4.98 Å². The van der Waals surface area contributed by atoms with Gasteiger partial charge in [0.1, 0.15) is 0 Å². The number of thioether (sulfide) groups is 1. The maximum atomic E-state index is 12.6. The van der Waals surface area contributed by atoms with E-state index in [0.29, 0.717) is 12.1 Å². The number of nitrogens with zero attached hydrogens (tertiary/aromatic N) is 2. The lowest BCUT2D eigenvalue weighted by Crippen LogP contribution is -2.29. The van der Waals surface area contributed by atoms with E-state index in [2.05, 4.69) is 10.4 Å². The number of thiazole rings is 1.